The maximum Gasteiger partial charge on any atom is 0.325 e. The van der Waals surface area contributed by atoms with Crippen LogP contribution in [0.25, 0.3) is 0 Å². The summed E-state index contributed by atoms with van der Waals surface area (Å²) < 4.78 is 0. The molecule has 0 bridgehead atoms. The largest absolute Gasteiger partial charge is 0.325 e. The quantitative estimate of drug-likeness (QED) is 0.633. The van der Waals surface area contributed by atoms with Gasteiger partial charge in [-0.1, -0.05) is 35.3 Å². The first-order chi connectivity index (χ1) is 15.1. The van der Waals surface area contributed by atoms with Crippen LogP contribution in [0.1, 0.15) is 30.0 Å². The molecule has 1 fully saturated rings. The normalized spacial score (nSPS) is 17.8. The number of hydrogen-bond donors (Lipinski definition) is 1. The van der Waals surface area contributed by atoms with Crippen LogP contribution in [0.2, 0.25) is 10.0 Å². The predicted molar refractivity (Wildman–Crippen MR) is 123 cm³/mol. The van der Waals surface area contributed by atoms with Crippen molar-refractivity contribution in [3.8, 4) is 6.07 Å². The average molecular weight is 473 g/mol. The summed E-state index contributed by atoms with van der Waals surface area (Å²) in [7, 11) is 0. The highest BCUT2D eigenvalue weighted by atomic mass is 35.5. The zero-order valence-corrected chi connectivity index (χ0v) is 19.4. The lowest BCUT2D eigenvalue weighted by Gasteiger charge is -2.25. The van der Waals surface area contributed by atoms with Crippen LogP contribution in [0, 0.1) is 25.2 Å². The third kappa shape index (κ3) is 4.43. The fourth-order valence-corrected chi connectivity index (χ4v) is 3.82. The second-order valence-electron chi connectivity index (χ2n) is 7.80. The molecule has 1 N–H and O–H groups in total. The van der Waals surface area contributed by atoms with E-state index < -0.39 is 29.9 Å². The average Bonchev–Trinajstić information content (AvgIpc) is 2.96. The van der Waals surface area contributed by atoms with Gasteiger partial charge < -0.3 is 10.2 Å². The summed E-state index contributed by atoms with van der Waals surface area (Å²) >= 11 is 12.0. The zero-order chi connectivity index (χ0) is 23.6. The molecule has 32 heavy (non-hydrogen) atoms. The standard InChI is InChI=1S/C23H22Cl2N4O3/c1-14-5-7-17(11-15(14)2)28(10-4-9-26)20(30)13-29-21(31)23(3,27-22(29)32)16-6-8-18(24)19(25)12-16/h5-8,11-12H,4,10,13H2,1-3H3,(H,27,32). The molecular formula is C23H22Cl2N4O3. The van der Waals surface area contributed by atoms with E-state index in [2.05, 4.69) is 5.32 Å². The van der Waals surface area contributed by atoms with E-state index in [0.717, 1.165) is 16.0 Å². The topological polar surface area (TPSA) is 93.5 Å². The zero-order valence-electron chi connectivity index (χ0n) is 17.9. The first-order valence-electron chi connectivity index (χ1n) is 9.92. The van der Waals surface area contributed by atoms with Gasteiger partial charge in [-0.15, -0.1) is 0 Å². The van der Waals surface area contributed by atoms with Gasteiger partial charge in [-0.25, -0.2) is 4.79 Å². The number of hydrogen-bond acceptors (Lipinski definition) is 4. The molecule has 1 heterocycles. The molecule has 4 amide bonds. The maximum atomic E-state index is 13.2. The van der Waals surface area contributed by atoms with Crippen LogP contribution in [0.4, 0.5) is 10.5 Å². The van der Waals surface area contributed by atoms with Crippen molar-refractivity contribution in [2.24, 2.45) is 0 Å². The molecule has 1 aliphatic heterocycles. The Hall–Kier alpha value is -3.08. The molecule has 2 aromatic rings. The van der Waals surface area contributed by atoms with Crippen molar-refractivity contribution in [2.75, 3.05) is 18.0 Å². The summed E-state index contributed by atoms with van der Waals surface area (Å²) in [6.07, 6.45) is 0.111. The molecule has 166 valence electrons. The number of nitriles is 1. The molecule has 3 rings (SSSR count). The molecule has 2 aromatic carbocycles. The second-order valence-corrected chi connectivity index (χ2v) is 8.61. The minimum absolute atomic E-state index is 0.111. The number of benzene rings is 2. The van der Waals surface area contributed by atoms with Gasteiger partial charge >= 0.3 is 6.03 Å². The highest BCUT2D eigenvalue weighted by molar-refractivity contribution is 6.42. The van der Waals surface area contributed by atoms with Gasteiger partial charge in [-0.3, -0.25) is 14.5 Å². The fourth-order valence-electron chi connectivity index (χ4n) is 3.52. The molecule has 1 atom stereocenters. The maximum absolute atomic E-state index is 13.2. The van der Waals surface area contributed by atoms with Crippen LogP contribution >= 0.6 is 23.2 Å². The number of urea groups is 1. The third-order valence-corrected chi connectivity index (χ3v) is 6.35. The molecule has 1 unspecified atom stereocenters. The number of aryl methyl sites for hydroxylation is 2. The predicted octanol–water partition coefficient (Wildman–Crippen LogP) is 4.32. The Labute approximate surface area is 196 Å². The number of nitrogens with one attached hydrogen (secondary N) is 1. The van der Waals surface area contributed by atoms with E-state index in [0.29, 0.717) is 16.3 Å². The smallest absolute Gasteiger partial charge is 0.319 e. The van der Waals surface area contributed by atoms with Gasteiger partial charge in [0.25, 0.3) is 5.91 Å². The van der Waals surface area contributed by atoms with Gasteiger partial charge in [0.05, 0.1) is 22.5 Å². The van der Waals surface area contributed by atoms with E-state index >= 15 is 0 Å². The van der Waals surface area contributed by atoms with Crippen molar-refractivity contribution in [3.63, 3.8) is 0 Å². The molecule has 0 radical (unpaired) electrons. The summed E-state index contributed by atoms with van der Waals surface area (Å²) in [5, 5.41) is 12.2. The summed E-state index contributed by atoms with van der Waals surface area (Å²) in [5.41, 5.74) is 1.72. The minimum Gasteiger partial charge on any atom is -0.319 e. The number of carbonyl (C=O) groups is 3. The van der Waals surface area contributed by atoms with Gasteiger partial charge in [0, 0.05) is 12.2 Å². The Morgan fingerprint density at radius 1 is 1.12 bits per heavy atom. The molecule has 7 nitrogen and oxygen atoms in total. The molecular weight excluding hydrogens is 451 g/mol. The van der Waals surface area contributed by atoms with Gasteiger partial charge in [-0.2, -0.15) is 5.26 Å². The first-order valence-corrected chi connectivity index (χ1v) is 10.7. The number of anilines is 1. The molecule has 0 saturated carbocycles. The van der Waals surface area contributed by atoms with Crippen LogP contribution in [0.3, 0.4) is 0 Å². The Bertz CT molecular complexity index is 1140. The molecule has 0 aromatic heterocycles. The van der Waals surface area contributed by atoms with E-state index in [1.54, 1.807) is 25.1 Å². The fraction of sp³-hybridized carbons (Fsp3) is 0.304. The van der Waals surface area contributed by atoms with E-state index in [-0.39, 0.29) is 18.0 Å². The number of carbonyl (C=O) groups excluding carboxylic acids is 3. The molecule has 0 aliphatic carbocycles. The van der Waals surface area contributed by atoms with Gasteiger partial charge in [-0.05, 0) is 61.7 Å². The number of imide groups is 1. The molecule has 1 aliphatic rings. The summed E-state index contributed by atoms with van der Waals surface area (Å²) in [5.74, 6) is -1.04. The highest BCUT2D eigenvalue weighted by Crippen LogP contribution is 2.33. The Balaban J connectivity index is 1.86. The lowest BCUT2D eigenvalue weighted by atomic mass is 9.92. The van der Waals surface area contributed by atoms with E-state index in [9.17, 15) is 14.4 Å². The summed E-state index contributed by atoms with van der Waals surface area (Å²) in [6.45, 7) is 5.11. The lowest BCUT2D eigenvalue weighted by Crippen LogP contribution is -2.45. The summed E-state index contributed by atoms with van der Waals surface area (Å²) in [4.78, 5) is 41.3. The van der Waals surface area contributed by atoms with E-state index in [1.807, 2.05) is 32.0 Å². The van der Waals surface area contributed by atoms with Crippen LogP contribution < -0.4 is 10.2 Å². The van der Waals surface area contributed by atoms with Crippen LogP contribution in [0.15, 0.2) is 36.4 Å². The Morgan fingerprint density at radius 2 is 1.84 bits per heavy atom. The molecule has 9 heteroatoms. The number of halogens is 2. The Morgan fingerprint density at radius 3 is 2.47 bits per heavy atom. The summed E-state index contributed by atoms with van der Waals surface area (Å²) in [6, 6.07) is 11.5. The SMILES string of the molecule is Cc1ccc(N(CCC#N)C(=O)CN2C(=O)NC(C)(c3ccc(Cl)c(Cl)c3)C2=O)cc1C. The van der Waals surface area contributed by atoms with E-state index in [4.69, 9.17) is 28.5 Å². The lowest BCUT2D eigenvalue weighted by molar-refractivity contribution is -0.134. The van der Waals surface area contributed by atoms with Crippen molar-refractivity contribution in [1.29, 1.82) is 5.26 Å². The van der Waals surface area contributed by atoms with Crippen LogP contribution in [0.5, 0.6) is 0 Å². The minimum atomic E-state index is -1.39. The van der Waals surface area contributed by atoms with Gasteiger partial charge in [0.2, 0.25) is 5.91 Å². The number of amides is 4. The van der Waals surface area contributed by atoms with Crippen LogP contribution in [-0.4, -0.2) is 35.8 Å². The second kappa shape index (κ2) is 9.19. The van der Waals surface area contributed by atoms with Crippen molar-refractivity contribution >= 4 is 46.7 Å². The van der Waals surface area contributed by atoms with Gasteiger partial charge in [0.15, 0.2) is 0 Å². The van der Waals surface area contributed by atoms with Gasteiger partial charge in [0.1, 0.15) is 12.1 Å². The highest BCUT2D eigenvalue weighted by Gasteiger charge is 2.50. The molecule has 0 spiro atoms. The van der Waals surface area contributed by atoms with Crippen molar-refractivity contribution in [3.05, 3.63) is 63.1 Å². The van der Waals surface area contributed by atoms with Crippen LogP contribution in [-0.2, 0) is 15.1 Å². The van der Waals surface area contributed by atoms with Crippen molar-refractivity contribution < 1.29 is 14.4 Å². The van der Waals surface area contributed by atoms with E-state index in [1.165, 1.54) is 11.0 Å². The first kappa shape index (κ1) is 23.6. The van der Waals surface area contributed by atoms with Crippen molar-refractivity contribution in [2.45, 2.75) is 32.7 Å². The molecule has 1 saturated heterocycles. The van der Waals surface area contributed by atoms with Crippen molar-refractivity contribution in [1.82, 2.24) is 10.2 Å². The number of rotatable bonds is 6. The third-order valence-electron chi connectivity index (χ3n) is 5.62. The number of nitrogens with zero attached hydrogens (tertiary/aromatic N) is 3. The monoisotopic (exact) mass is 472 g/mol. The Kier molecular flexibility index (Phi) is 6.77.